The molecule has 2 rings (SSSR count). The summed E-state index contributed by atoms with van der Waals surface area (Å²) in [7, 11) is 0. The molecular weight excluding hydrogens is 236 g/mol. The molecule has 0 saturated carbocycles. The van der Waals surface area contributed by atoms with Crippen LogP contribution in [-0.4, -0.2) is 25.0 Å². The van der Waals surface area contributed by atoms with E-state index in [4.69, 9.17) is 0 Å². The summed E-state index contributed by atoms with van der Waals surface area (Å²) in [5, 5.41) is 6.37. The van der Waals surface area contributed by atoms with Crippen LogP contribution < -0.4 is 10.6 Å². The fraction of sp³-hybridized carbons (Fsp3) is 0.562. The lowest BCUT2D eigenvalue weighted by Gasteiger charge is -2.28. The van der Waals surface area contributed by atoms with Crippen LogP contribution in [0.25, 0.3) is 0 Å². The zero-order chi connectivity index (χ0) is 13.7. The normalized spacial score (nSPS) is 20.0. The van der Waals surface area contributed by atoms with Gasteiger partial charge in [-0.15, -0.1) is 0 Å². The van der Waals surface area contributed by atoms with Crippen molar-refractivity contribution in [3.8, 4) is 0 Å². The summed E-state index contributed by atoms with van der Waals surface area (Å²) in [6.07, 6.45) is 3.28. The van der Waals surface area contributed by atoms with E-state index >= 15 is 0 Å². The molecule has 0 aromatic heterocycles. The molecule has 0 spiro atoms. The predicted octanol–water partition coefficient (Wildman–Crippen LogP) is 2.22. The molecule has 1 heterocycles. The molecule has 0 aliphatic carbocycles. The second kappa shape index (κ2) is 6.20. The van der Waals surface area contributed by atoms with E-state index < -0.39 is 0 Å². The van der Waals surface area contributed by atoms with E-state index in [1.165, 1.54) is 12.0 Å². The number of amides is 1. The lowest BCUT2D eigenvalue weighted by atomic mass is 9.84. The second-order valence-electron chi connectivity index (χ2n) is 5.97. The molecule has 1 amide bonds. The number of piperidine rings is 1. The summed E-state index contributed by atoms with van der Waals surface area (Å²) in [5.74, 6) is 0.142. The fourth-order valence-corrected chi connectivity index (χ4v) is 2.50. The minimum Gasteiger partial charge on any atom is -0.354 e. The molecule has 1 atom stereocenters. The molecule has 1 fully saturated rings. The predicted molar refractivity (Wildman–Crippen MR) is 78.1 cm³/mol. The zero-order valence-corrected chi connectivity index (χ0v) is 11.9. The van der Waals surface area contributed by atoms with Crippen molar-refractivity contribution in [2.45, 2.75) is 44.6 Å². The minimum absolute atomic E-state index is 0.000299. The van der Waals surface area contributed by atoms with Crippen LogP contribution >= 0.6 is 0 Å². The number of carbonyl (C=O) groups excluding carboxylic acids is 1. The number of benzene rings is 1. The van der Waals surface area contributed by atoms with Gasteiger partial charge in [-0.25, -0.2) is 0 Å². The van der Waals surface area contributed by atoms with E-state index in [-0.39, 0.29) is 17.4 Å². The first-order chi connectivity index (χ1) is 9.09. The van der Waals surface area contributed by atoms with E-state index in [0.29, 0.717) is 6.54 Å². The first kappa shape index (κ1) is 14.1. The average Bonchev–Trinajstić information content (AvgIpc) is 2.47. The lowest BCUT2D eigenvalue weighted by Crippen LogP contribution is -2.49. The molecular formula is C16H24N2O. The Bertz CT molecular complexity index is 408. The van der Waals surface area contributed by atoms with Crippen LogP contribution in [0.2, 0.25) is 0 Å². The lowest BCUT2D eigenvalue weighted by molar-refractivity contribution is -0.123. The zero-order valence-electron chi connectivity index (χ0n) is 11.9. The Morgan fingerprint density at radius 3 is 2.68 bits per heavy atom. The molecule has 19 heavy (non-hydrogen) atoms. The van der Waals surface area contributed by atoms with E-state index in [2.05, 4.69) is 36.6 Å². The molecule has 1 aromatic carbocycles. The third-order valence-electron chi connectivity index (χ3n) is 3.89. The average molecular weight is 260 g/mol. The van der Waals surface area contributed by atoms with Crippen molar-refractivity contribution in [2.75, 3.05) is 13.1 Å². The van der Waals surface area contributed by atoms with Gasteiger partial charge < -0.3 is 10.6 Å². The Morgan fingerprint density at radius 1 is 1.32 bits per heavy atom. The summed E-state index contributed by atoms with van der Waals surface area (Å²) < 4.78 is 0. The molecule has 1 aliphatic rings. The number of nitrogens with one attached hydrogen (secondary N) is 2. The second-order valence-corrected chi connectivity index (χ2v) is 5.97. The Kier molecular flexibility index (Phi) is 4.59. The van der Waals surface area contributed by atoms with E-state index in [1.807, 2.05) is 18.2 Å². The number of hydrogen-bond donors (Lipinski definition) is 2. The molecule has 3 heteroatoms. The number of carbonyl (C=O) groups is 1. The molecule has 3 nitrogen and oxygen atoms in total. The molecule has 1 aliphatic heterocycles. The Labute approximate surface area is 115 Å². The maximum atomic E-state index is 12.1. The van der Waals surface area contributed by atoms with Crippen molar-refractivity contribution in [1.29, 1.82) is 0 Å². The smallest absolute Gasteiger partial charge is 0.237 e. The van der Waals surface area contributed by atoms with Crippen molar-refractivity contribution in [3.05, 3.63) is 35.9 Å². The SMILES string of the molecule is CC(C)(CNC(=O)C1CCCCN1)c1ccccc1. The molecule has 104 valence electrons. The van der Waals surface area contributed by atoms with E-state index in [0.717, 1.165) is 19.4 Å². The Balaban J connectivity index is 1.88. The summed E-state index contributed by atoms with van der Waals surface area (Å²) in [4.78, 5) is 12.1. The van der Waals surface area contributed by atoms with Crippen molar-refractivity contribution >= 4 is 5.91 Å². The first-order valence-corrected chi connectivity index (χ1v) is 7.16. The fourth-order valence-electron chi connectivity index (χ4n) is 2.50. The highest BCUT2D eigenvalue weighted by atomic mass is 16.2. The van der Waals surface area contributed by atoms with Gasteiger partial charge in [0.05, 0.1) is 6.04 Å². The summed E-state index contributed by atoms with van der Waals surface area (Å²) >= 11 is 0. The highest BCUT2D eigenvalue weighted by Gasteiger charge is 2.24. The van der Waals surface area contributed by atoms with Crippen LogP contribution in [0.1, 0.15) is 38.7 Å². The van der Waals surface area contributed by atoms with Gasteiger partial charge in [0, 0.05) is 12.0 Å². The van der Waals surface area contributed by atoms with E-state index in [9.17, 15) is 4.79 Å². The molecule has 0 radical (unpaired) electrons. The third-order valence-corrected chi connectivity index (χ3v) is 3.89. The molecule has 1 saturated heterocycles. The van der Waals surface area contributed by atoms with Crippen LogP contribution in [0.4, 0.5) is 0 Å². The molecule has 0 bridgehead atoms. The largest absolute Gasteiger partial charge is 0.354 e. The van der Waals surface area contributed by atoms with Crippen LogP contribution in [0, 0.1) is 0 Å². The van der Waals surface area contributed by atoms with Gasteiger partial charge in [-0.1, -0.05) is 50.6 Å². The van der Waals surface area contributed by atoms with Gasteiger partial charge in [-0.2, -0.15) is 0 Å². The highest BCUT2D eigenvalue weighted by Crippen LogP contribution is 2.21. The Hall–Kier alpha value is -1.35. The van der Waals surface area contributed by atoms with Gasteiger partial charge in [0.1, 0.15) is 0 Å². The van der Waals surface area contributed by atoms with Crippen molar-refractivity contribution in [1.82, 2.24) is 10.6 Å². The van der Waals surface area contributed by atoms with Crippen molar-refractivity contribution in [3.63, 3.8) is 0 Å². The van der Waals surface area contributed by atoms with Crippen LogP contribution in [-0.2, 0) is 10.2 Å². The number of hydrogen-bond acceptors (Lipinski definition) is 2. The van der Waals surface area contributed by atoms with Gasteiger partial charge in [0.2, 0.25) is 5.91 Å². The summed E-state index contributed by atoms with van der Waals surface area (Å²) in [6.45, 7) is 5.96. The van der Waals surface area contributed by atoms with Crippen LogP contribution in [0.15, 0.2) is 30.3 Å². The van der Waals surface area contributed by atoms with Crippen LogP contribution in [0.3, 0.4) is 0 Å². The van der Waals surface area contributed by atoms with Gasteiger partial charge in [-0.3, -0.25) is 4.79 Å². The molecule has 1 unspecified atom stereocenters. The van der Waals surface area contributed by atoms with Crippen molar-refractivity contribution < 1.29 is 4.79 Å². The van der Waals surface area contributed by atoms with Gasteiger partial charge >= 0.3 is 0 Å². The maximum absolute atomic E-state index is 12.1. The standard InChI is InChI=1S/C16H24N2O/c1-16(2,13-8-4-3-5-9-13)12-18-15(19)14-10-6-7-11-17-14/h3-5,8-9,14,17H,6-7,10-12H2,1-2H3,(H,18,19). The first-order valence-electron chi connectivity index (χ1n) is 7.16. The third kappa shape index (κ3) is 3.80. The summed E-state index contributed by atoms with van der Waals surface area (Å²) in [6, 6.07) is 10.3. The quantitative estimate of drug-likeness (QED) is 0.871. The van der Waals surface area contributed by atoms with Crippen molar-refractivity contribution in [2.24, 2.45) is 0 Å². The van der Waals surface area contributed by atoms with Crippen LogP contribution in [0.5, 0.6) is 0 Å². The maximum Gasteiger partial charge on any atom is 0.237 e. The van der Waals surface area contributed by atoms with E-state index in [1.54, 1.807) is 0 Å². The summed E-state index contributed by atoms with van der Waals surface area (Å²) in [5.41, 5.74) is 1.22. The topological polar surface area (TPSA) is 41.1 Å². The van der Waals surface area contributed by atoms with Gasteiger partial charge in [-0.05, 0) is 24.9 Å². The Morgan fingerprint density at radius 2 is 2.05 bits per heavy atom. The van der Waals surface area contributed by atoms with Gasteiger partial charge in [0.25, 0.3) is 0 Å². The van der Waals surface area contributed by atoms with Gasteiger partial charge in [0.15, 0.2) is 0 Å². The molecule has 1 aromatic rings. The monoisotopic (exact) mass is 260 g/mol. The minimum atomic E-state index is -0.0361. The highest BCUT2D eigenvalue weighted by molar-refractivity contribution is 5.81. The molecule has 2 N–H and O–H groups in total. The number of rotatable bonds is 4.